The van der Waals surface area contributed by atoms with Gasteiger partial charge in [-0.15, -0.1) is 0 Å². The van der Waals surface area contributed by atoms with Crippen LogP contribution in [-0.4, -0.2) is 19.1 Å². The second-order valence-electron chi connectivity index (χ2n) is 4.94. The predicted octanol–water partition coefficient (Wildman–Crippen LogP) is 3.43. The maximum absolute atomic E-state index is 11.2. The minimum atomic E-state index is -0.123. The van der Waals surface area contributed by atoms with Crippen LogP contribution >= 0.6 is 0 Å². The van der Waals surface area contributed by atoms with Gasteiger partial charge in [-0.3, -0.25) is 4.79 Å². The Morgan fingerprint density at radius 1 is 1.29 bits per heavy atom. The number of rotatable bonds is 8. The van der Waals surface area contributed by atoms with Gasteiger partial charge in [-0.25, -0.2) is 0 Å². The smallest absolute Gasteiger partial charge is 0.305 e. The van der Waals surface area contributed by atoms with Crippen molar-refractivity contribution in [3.8, 4) is 0 Å². The third kappa shape index (κ3) is 4.08. The van der Waals surface area contributed by atoms with Gasteiger partial charge in [-0.2, -0.15) is 0 Å². The molecule has 0 aliphatic carbocycles. The number of fused-ring (bicyclic) bond motifs is 1. The van der Waals surface area contributed by atoms with Crippen LogP contribution in [0.3, 0.4) is 0 Å². The highest BCUT2D eigenvalue weighted by Gasteiger charge is 2.11. The molecule has 0 spiro atoms. The van der Waals surface area contributed by atoms with Crippen LogP contribution in [-0.2, 0) is 22.5 Å². The Balaban J connectivity index is 1.87. The average molecular weight is 289 g/mol. The van der Waals surface area contributed by atoms with Gasteiger partial charge in [0.05, 0.1) is 6.61 Å². The zero-order chi connectivity index (χ0) is 15.1. The Kier molecular flexibility index (Phi) is 5.81. The van der Waals surface area contributed by atoms with E-state index in [2.05, 4.69) is 18.3 Å². The molecule has 0 saturated carbocycles. The van der Waals surface area contributed by atoms with Crippen molar-refractivity contribution in [1.82, 2.24) is 5.32 Å². The highest BCUT2D eigenvalue weighted by molar-refractivity contribution is 5.82. The molecule has 0 fully saturated rings. The van der Waals surface area contributed by atoms with Crippen molar-refractivity contribution >= 4 is 16.9 Å². The fourth-order valence-corrected chi connectivity index (χ4v) is 2.43. The molecule has 2 aromatic rings. The normalized spacial score (nSPS) is 11.0. The summed E-state index contributed by atoms with van der Waals surface area (Å²) in [4.78, 5) is 11.2. The van der Waals surface area contributed by atoms with Crippen molar-refractivity contribution in [2.75, 3.05) is 13.2 Å². The summed E-state index contributed by atoms with van der Waals surface area (Å²) in [7, 11) is 0. The number of hydrogen-bond donors (Lipinski definition) is 1. The first kappa shape index (κ1) is 15.6. The molecule has 114 valence electrons. The molecule has 0 saturated heterocycles. The van der Waals surface area contributed by atoms with E-state index < -0.39 is 0 Å². The van der Waals surface area contributed by atoms with Gasteiger partial charge in [-0.05, 0) is 26.0 Å². The Hall–Kier alpha value is -1.81. The van der Waals surface area contributed by atoms with Crippen LogP contribution in [0, 0.1) is 0 Å². The van der Waals surface area contributed by atoms with Crippen molar-refractivity contribution < 1.29 is 13.9 Å². The van der Waals surface area contributed by atoms with E-state index in [-0.39, 0.29) is 5.97 Å². The summed E-state index contributed by atoms with van der Waals surface area (Å²) in [6.07, 6.45) is 2.14. The van der Waals surface area contributed by atoms with E-state index in [1.54, 1.807) is 0 Å². The van der Waals surface area contributed by atoms with E-state index in [4.69, 9.17) is 9.15 Å². The number of furan rings is 1. The van der Waals surface area contributed by atoms with Gasteiger partial charge in [-0.1, -0.05) is 25.1 Å². The lowest BCUT2D eigenvalue weighted by Crippen LogP contribution is -2.17. The summed E-state index contributed by atoms with van der Waals surface area (Å²) in [5.41, 5.74) is 2.17. The van der Waals surface area contributed by atoms with E-state index in [0.29, 0.717) is 13.0 Å². The molecule has 0 atom stereocenters. The highest BCUT2D eigenvalue weighted by atomic mass is 16.5. The van der Waals surface area contributed by atoms with Crippen molar-refractivity contribution in [3.05, 3.63) is 35.6 Å². The first-order chi connectivity index (χ1) is 10.3. The SMILES string of the molecule is CCOC(=O)CCCNCc1c(CC)oc2ccccc12. The Labute approximate surface area is 125 Å². The standard InChI is InChI=1S/C17H23NO3/c1-3-15-14(13-8-5-6-9-16(13)21-15)12-18-11-7-10-17(19)20-4-2/h5-6,8-9,18H,3-4,7,10-12H2,1-2H3. The number of ether oxygens (including phenoxy) is 1. The molecule has 1 N–H and O–H groups in total. The molecular formula is C17H23NO3. The van der Waals surface area contributed by atoms with Crippen molar-refractivity contribution in [2.24, 2.45) is 0 Å². The van der Waals surface area contributed by atoms with Crippen LogP contribution in [0.2, 0.25) is 0 Å². The molecule has 4 heteroatoms. The second-order valence-corrected chi connectivity index (χ2v) is 4.94. The lowest BCUT2D eigenvalue weighted by atomic mass is 10.1. The summed E-state index contributed by atoms with van der Waals surface area (Å²) >= 11 is 0. The van der Waals surface area contributed by atoms with Crippen LogP contribution in [0.5, 0.6) is 0 Å². The fraction of sp³-hybridized carbons (Fsp3) is 0.471. The van der Waals surface area contributed by atoms with Crippen LogP contribution in [0.15, 0.2) is 28.7 Å². The number of carbonyl (C=O) groups is 1. The minimum Gasteiger partial charge on any atom is -0.466 e. The largest absolute Gasteiger partial charge is 0.466 e. The molecule has 0 unspecified atom stereocenters. The molecule has 0 aliphatic heterocycles. The molecule has 2 rings (SSSR count). The Morgan fingerprint density at radius 3 is 2.86 bits per heavy atom. The van der Waals surface area contributed by atoms with E-state index in [1.165, 1.54) is 10.9 Å². The van der Waals surface area contributed by atoms with Gasteiger partial charge in [0.15, 0.2) is 0 Å². The zero-order valence-corrected chi connectivity index (χ0v) is 12.8. The third-order valence-corrected chi connectivity index (χ3v) is 3.44. The van der Waals surface area contributed by atoms with Crippen LogP contribution in [0.4, 0.5) is 0 Å². The number of hydrogen-bond acceptors (Lipinski definition) is 4. The molecular weight excluding hydrogens is 266 g/mol. The van der Waals surface area contributed by atoms with Gasteiger partial charge >= 0.3 is 5.97 Å². The zero-order valence-electron chi connectivity index (χ0n) is 12.8. The molecule has 0 aliphatic rings. The first-order valence-electron chi connectivity index (χ1n) is 7.61. The summed E-state index contributed by atoms with van der Waals surface area (Å²) in [6.45, 7) is 5.94. The lowest BCUT2D eigenvalue weighted by Gasteiger charge is -2.05. The average Bonchev–Trinajstić information content (AvgIpc) is 2.85. The van der Waals surface area contributed by atoms with Crippen LogP contribution < -0.4 is 5.32 Å². The van der Waals surface area contributed by atoms with Gasteiger partial charge < -0.3 is 14.5 Å². The number of carbonyl (C=O) groups excluding carboxylic acids is 1. The first-order valence-corrected chi connectivity index (χ1v) is 7.61. The molecule has 1 aromatic carbocycles. The number of esters is 1. The van der Waals surface area contributed by atoms with Crippen LogP contribution in [0.25, 0.3) is 11.0 Å². The number of para-hydroxylation sites is 1. The van der Waals surface area contributed by atoms with E-state index in [9.17, 15) is 4.79 Å². The number of benzene rings is 1. The lowest BCUT2D eigenvalue weighted by molar-refractivity contribution is -0.143. The summed E-state index contributed by atoms with van der Waals surface area (Å²) in [5, 5.41) is 4.56. The topological polar surface area (TPSA) is 51.5 Å². The van der Waals surface area contributed by atoms with Gasteiger partial charge in [0, 0.05) is 30.3 Å². The molecule has 21 heavy (non-hydrogen) atoms. The highest BCUT2D eigenvalue weighted by Crippen LogP contribution is 2.26. The van der Waals surface area contributed by atoms with Gasteiger partial charge in [0.1, 0.15) is 11.3 Å². The molecule has 4 nitrogen and oxygen atoms in total. The third-order valence-electron chi connectivity index (χ3n) is 3.44. The Morgan fingerprint density at radius 2 is 2.10 bits per heavy atom. The van der Waals surface area contributed by atoms with Gasteiger partial charge in [0.2, 0.25) is 0 Å². The van der Waals surface area contributed by atoms with E-state index >= 15 is 0 Å². The quantitative estimate of drug-likeness (QED) is 0.597. The summed E-state index contributed by atoms with van der Waals surface area (Å²) in [6, 6.07) is 8.11. The Bertz CT molecular complexity index is 589. The van der Waals surface area contributed by atoms with E-state index in [0.717, 1.165) is 37.3 Å². The minimum absolute atomic E-state index is 0.123. The maximum atomic E-state index is 11.2. The predicted molar refractivity (Wildman–Crippen MR) is 83.2 cm³/mol. The van der Waals surface area contributed by atoms with E-state index in [1.807, 2.05) is 25.1 Å². The van der Waals surface area contributed by atoms with Crippen molar-refractivity contribution in [1.29, 1.82) is 0 Å². The molecule has 1 heterocycles. The number of aryl methyl sites for hydroxylation is 1. The van der Waals surface area contributed by atoms with Crippen molar-refractivity contribution in [2.45, 2.75) is 39.7 Å². The fourth-order valence-electron chi connectivity index (χ4n) is 2.43. The maximum Gasteiger partial charge on any atom is 0.305 e. The second kappa shape index (κ2) is 7.84. The summed E-state index contributed by atoms with van der Waals surface area (Å²) in [5.74, 6) is 0.913. The summed E-state index contributed by atoms with van der Waals surface area (Å²) < 4.78 is 10.8. The molecule has 0 bridgehead atoms. The molecule has 1 aromatic heterocycles. The van der Waals surface area contributed by atoms with Crippen molar-refractivity contribution in [3.63, 3.8) is 0 Å². The van der Waals surface area contributed by atoms with Gasteiger partial charge in [0.25, 0.3) is 0 Å². The van der Waals surface area contributed by atoms with Crippen LogP contribution in [0.1, 0.15) is 38.0 Å². The molecule has 0 amide bonds. The number of nitrogens with one attached hydrogen (secondary N) is 1. The monoisotopic (exact) mass is 289 g/mol. The molecule has 0 radical (unpaired) electrons.